The van der Waals surface area contributed by atoms with Gasteiger partial charge in [-0.3, -0.25) is 0 Å². The van der Waals surface area contributed by atoms with Crippen LogP contribution in [0.25, 0.3) is 0 Å². The SMILES string of the molecule is S=C(NCCCN1CCCC1)Nc1cccc(Br)c1. The van der Waals surface area contributed by atoms with Crippen LogP contribution in [0.15, 0.2) is 28.7 Å². The Kier molecular flexibility index (Phi) is 6.07. The molecule has 0 bridgehead atoms. The fourth-order valence-corrected chi connectivity index (χ4v) is 2.87. The Morgan fingerprint density at radius 2 is 2.11 bits per heavy atom. The molecule has 0 atom stereocenters. The van der Waals surface area contributed by atoms with E-state index in [2.05, 4.69) is 31.5 Å². The summed E-state index contributed by atoms with van der Waals surface area (Å²) in [5.74, 6) is 0. The zero-order chi connectivity index (χ0) is 13.5. The molecule has 1 heterocycles. The monoisotopic (exact) mass is 341 g/mol. The first-order valence-electron chi connectivity index (χ1n) is 6.77. The van der Waals surface area contributed by atoms with Gasteiger partial charge >= 0.3 is 0 Å². The second-order valence-electron chi connectivity index (χ2n) is 4.79. The van der Waals surface area contributed by atoms with Gasteiger partial charge in [0.05, 0.1) is 0 Å². The molecule has 1 aromatic carbocycles. The number of nitrogens with one attached hydrogen (secondary N) is 2. The van der Waals surface area contributed by atoms with Crippen LogP contribution in [0.4, 0.5) is 5.69 Å². The smallest absolute Gasteiger partial charge is 0.170 e. The molecule has 2 rings (SSSR count). The minimum absolute atomic E-state index is 0.694. The van der Waals surface area contributed by atoms with Crippen molar-refractivity contribution in [2.45, 2.75) is 19.3 Å². The number of benzene rings is 1. The van der Waals surface area contributed by atoms with E-state index in [1.54, 1.807) is 0 Å². The van der Waals surface area contributed by atoms with E-state index in [-0.39, 0.29) is 0 Å². The highest BCUT2D eigenvalue weighted by Crippen LogP contribution is 2.15. The molecule has 1 fully saturated rings. The molecule has 1 aromatic rings. The maximum atomic E-state index is 5.28. The highest BCUT2D eigenvalue weighted by Gasteiger charge is 2.10. The molecule has 0 aliphatic carbocycles. The number of likely N-dealkylation sites (tertiary alicyclic amines) is 1. The zero-order valence-corrected chi connectivity index (χ0v) is 13.4. The first kappa shape index (κ1) is 14.8. The molecular weight excluding hydrogens is 322 g/mol. The molecule has 3 nitrogen and oxygen atoms in total. The van der Waals surface area contributed by atoms with E-state index < -0.39 is 0 Å². The van der Waals surface area contributed by atoms with Gasteiger partial charge in [-0.05, 0) is 69.3 Å². The molecule has 0 unspecified atom stereocenters. The summed E-state index contributed by atoms with van der Waals surface area (Å²) < 4.78 is 1.05. The first-order chi connectivity index (χ1) is 9.24. The number of thiocarbonyl (C=S) groups is 1. The largest absolute Gasteiger partial charge is 0.362 e. The Labute approximate surface area is 128 Å². The molecule has 104 valence electrons. The van der Waals surface area contributed by atoms with Gasteiger partial charge in [0.2, 0.25) is 0 Å². The predicted octanol–water partition coefficient (Wildman–Crippen LogP) is 3.22. The summed E-state index contributed by atoms with van der Waals surface area (Å²) in [7, 11) is 0. The summed E-state index contributed by atoms with van der Waals surface area (Å²) in [5, 5.41) is 7.13. The lowest BCUT2D eigenvalue weighted by Gasteiger charge is -2.15. The van der Waals surface area contributed by atoms with E-state index in [4.69, 9.17) is 12.2 Å². The van der Waals surface area contributed by atoms with E-state index in [1.165, 1.54) is 32.5 Å². The maximum absolute atomic E-state index is 5.28. The maximum Gasteiger partial charge on any atom is 0.170 e. The molecule has 2 N–H and O–H groups in total. The molecule has 0 spiro atoms. The molecule has 5 heteroatoms. The van der Waals surface area contributed by atoms with Gasteiger partial charge < -0.3 is 15.5 Å². The highest BCUT2D eigenvalue weighted by molar-refractivity contribution is 9.10. The van der Waals surface area contributed by atoms with Crippen molar-refractivity contribution >= 4 is 38.9 Å². The average molecular weight is 342 g/mol. The van der Waals surface area contributed by atoms with Crippen LogP contribution in [0.3, 0.4) is 0 Å². The molecular formula is C14H20BrN3S. The Morgan fingerprint density at radius 1 is 1.32 bits per heavy atom. The first-order valence-corrected chi connectivity index (χ1v) is 7.97. The van der Waals surface area contributed by atoms with E-state index >= 15 is 0 Å². The summed E-state index contributed by atoms with van der Waals surface area (Å²) in [5.41, 5.74) is 1.01. The summed E-state index contributed by atoms with van der Waals surface area (Å²) in [6.07, 6.45) is 3.85. The van der Waals surface area contributed by atoms with Crippen molar-refractivity contribution in [2.75, 3.05) is 31.5 Å². The van der Waals surface area contributed by atoms with Crippen LogP contribution in [-0.2, 0) is 0 Å². The molecule has 1 saturated heterocycles. The van der Waals surface area contributed by atoms with Crippen molar-refractivity contribution < 1.29 is 0 Å². The minimum atomic E-state index is 0.694. The standard InChI is InChI=1S/C14H20BrN3S/c15-12-5-3-6-13(11-12)17-14(19)16-7-4-10-18-8-1-2-9-18/h3,5-6,11H,1-2,4,7-10H2,(H2,16,17,19). The van der Waals surface area contributed by atoms with Crippen LogP contribution in [0.2, 0.25) is 0 Å². The van der Waals surface area contributed by atoms with Crippen LogP contribution < -0.4 is 10.6 Å². The lowest BCUT2D eigenvalue weighted by molar-refractivity contribution is 0.334. The Hall–Kier alpha value is -0.650. The van der Waals surface area contributed by atoms with Gasteiger partial charge in [0.15, 0.2) is 5.11 Å². The summed E-state index contributed by atoms with van der Waals surface area (Å²) in [6.45, 7) is 4.63. The number of hydrogen-bond donors (Lipinski definition) is 2. The summed E-state index contributed by atoms with van der Waals surface area (Å²) in [4.78, 5) is 2.52. The number of anilines is 1. The summed E-state index contributed by atoms with van der Waals surface area (Å²) in [6, 6.07) is 8.00. The second-order valence-corrected chi connectivity index (χ2v) is 6.12. The van der Waals surface area contributed by atoms with Crippen LogP contribution in [0.5, 0.6) is 0 Å². The van der Waals surface area contributed by atoms with Gasteiger partial charge in [-0.25, -0.2) is 0 Å². The van der Waals surface area contributed by atoms with Gasteiger partial charge in [0, 0.05) is 16.7 Å². The average Bonchev–Trinajstić information content (AvgIpc) is 2.88. The molecule has 1 aliphatic rings. The van der Waals surface area contributed by atoms with Crippen LogP contribution in [0, 0.1) is 0 Å². The Morgan fingerprint density at radius 3 is 2.84 bits per heavy atom. The Bertz CT molecular complexity index is 419. The van der Waals surface area contributed by atoms with Crippen molar-refractivity contribution in [1.29, 1.82) is 0 Å². The van der Waals surface area contributed by atoms with E-state index in [9.17, 15) is 0 Å². The second kappa shape index (κ2) is 7.82. The van der Waals surface area contributed by atoms with Crippen molar-refractivity contribution in [1.82, 2.24) is 10.2 Å². The van der Waals surface area contributed by atoms with Gasteiger partial charge in [0.1, 0.15) is 0 Å². The molecule has 0 amide bonds. The van der Waals surface area contributed by atoms with Crippen LogP contribution in [-0.4, -0.2) is 36.2 Å². The molecule has 0 saturated carbocycles. The van der Waals surface area contributed by atoms with Gasteiger partial charge in [-0.1, -0.05) is 22.0 Å². The number of nitrogens with zero attached hydrogens (tertiary/aromatic N) is 1. The number of halogens is 1. The van der Waals surface area contributed by atoms with E-state index in [0.717, 1.165) is 23.1 Å². The number of hydrogen-bond acceptors (Lipinski definition) is 2. The fraction of sp³-hybridized carbons (Fsp3) is 0.500. The topological polar surface area (TPSA) is 27.3 Å². The van der Waals surface area contributed by atoms with Crippen molar-refractivity contribution in [3.05, 3.63) is 28.7 Å². The van der Waals surface area contributed by atoms with Crippen LogP contribution in [0.1, 0.15) is 19.3 Å². The van der Waals surface area contributed by atoms with Crippen molar-refractivity contribution in [3.63, 3.8) is 0 Å². The normalized spacial score (nSPS) is 15.4. The third-order valence-electron chi connectivity index (χ3n) is 3.22. The van der Waals surface area contributed by atoms with Crippen molar-refractivity contribution in [2.24, 2.45) is 0 Å². The van der Waals surface area contributed by atoms with Gasteiger partial charge in [0.25, 0.3) is 0 Å². The van der Waals surface area contributed by atoms with Crippen molar-refractivity contribution in [3.8, 4) is 0 Å². The highest BCUT2D eigenvalue weighted by atomic mass is 79.9. The summed E-state index contributed by atoms with van der Waals surface area (Å²) >= 11 is 8.72. The Balaban J connectivity index is 1.61. The lowest BCUT2D eigenvalue weighted by Crippen LogP contribution is -2.31. The molecule has 0 radical (unpaired) electrons. The van der Waals surface area contributed by atoms with E-state index in [0.29, 0.717) is 5.11 Å². The van der Waals surface area contributed by atoms with Gasteiger partial charge in [-0.2, -0.15) is 0 Å². The molecule has 1 aliphatic heterocycles. The van der Waals surface area contributed by atoms with Gasteiger partial charge in [-0.15, -0.1) is 0 Å². The minimum Gasteiger partial charge on any atom is -0.362 e. The third kappa shape index (κ3) is 5.47. The fourth-order valence-electron chi connectivity index (χ4n) is 2.25. The third-order valence-corrected chi connectivity index (χ3v) is 3.96. The van der Waals surface area contributed by atoms with Crippen LogP contribution >= 0.6 is 28.1 Å². The van der Waals surface area contributed by atoms with E-state index in [1.807, 2.05) is 24.3 Å². The zero-order valence-electron chi connectivity index (χ0n) is 11.0. The number of rotatable bonds is 5. The quantitative estimate of drug-likeness (QED) is 0.635. The predicted molar refractivity (Wildman–Crippen MR) is 88.7 cm³/mol. The molecule has 19 heavy (non-hydrogen) atoms. The molecule has 0 aromatic heterocycles. The lowest BCUT2D eigenvalue weighted by atomic mass is 10.3.